The van der Waals surface area contributed by atoms with Crippen molar-refractivity contribution in [2.45, 2.75) is 13.8 Å². The van der Waals surface area contributed by atoms with Gasteiger partial charge in [-0.3, -0.25) is 4.99 Å². The summed E-state index contributed by atoms with van der Waals surface area (Å²) >= 11 is 1.69. The lowest BCUT2D eigenvalue weighted by Gasteiger charge is -2.02. The monoisotopic (exact) mass is 227 g/mol. The van der Waals surface area contributed by atoms with E-state index in [2.05, 4.69) is 30.3 Å². The van der Waals surface area contributed by atoms with Gasteiger partial charge in [-0.05, 0) is 25.5 Å². The van der Waals surface area contributed by atoms with E-state index in [1.54, 1.807) is 18.4 Å². The predicted molar refractivity (Wildman–Crippen MR) is 64.4 cm³/mol. The van der Waals surface area contributed by atoms with Crippen molar-refractivity contribution in [1.29, 1.82) is 0 Å². The zero-order valence-corrected chi connectivity index (χ0v) is 10.1. The van der Waals surface area contributed by atoms with Crippen molar-refractivity contribution in [3.63, 3.8) is 0 Å². The summed E-state index contributed by atoms with van der Waals surface area (Å²) in [5.41, 5.74) is 3.89. The van der Waals surface area contributed by atoms with Gasteiger partial charge in [-0.2, -0.15) is 0 Å². The van der Waals surface area contributed by atoms with Crippen molar-refractivity contribution in [1.82, 2.24) is 5.43 Å². The van der Waals surface area contributed by atoms with Gasteiger partial charge >= 0.3 is 0 Å². The summed E-state index contributed by atoms with van der Waals surface area (Å²) in [6.45, 7) is 5.39. The Bertz CT molecular complexity index is 327. The number of methoxy groups -OCH3 is 1. The quantitative estimate of drug-likeness (QED) is 0.267. The fourth-order valence-corrected chi connectivity index (χ4v) is 2.14. The lowest BCUT2D eigenvalue weighted by Crippen LogP contribution is -2.30. The van der Waals surface area contributed by atoms with Crippen molar-refractivity contribution in [3.8, 4) is 0 Å². The lowest BCUT2D eigenvalue weighted by molar-refractivity contribution is 0.208. The molecule has 0 amide bonds. The molecule has 0 aliphatic heterocycles. The molecule has 0 bridgehead atoms. The molecule has 0 aromatic carbocycles. The van der Waals surface area contributed by atoms with Gasteiger partial charge in [0, 0.05) is 12.0 Å². The number of hydrazine groups is 1. The Morgan fingerprint density at radius 1 is 1.60 bits per heavy atom. The van der Waals surface area contributed by atoms with Crippen LogP contribution in [0.5, 0.6) is 0 Å². The normalized spacial score (nSPS) is 11.9. The molecule has 1 aromatic heterocycles. The number of aliphatic imine (C=N–C) groups is 1. The van der Waals surface area contributed by atoms with Crippen molar-refractivity contribution < 1.29 is 4.74 Å². The Labute approximate surface area is 94.1 Å². The van der Waals surface area contributed by atoms with Crippen LogP contribution >= 0.6 is 11.3 Å². The zero-order valence-electron chi connectivity index (χ0n) is 9.33. The van der Waals surface area contributed by atoms with Crippen molar-refractivity contribution in [2.24, 2.45) is 10.8 Å². The molecule has 0 saturated heterocycles. The topological polar surface area (TPSA) is 59.6 Å². The average Bonchev–Trinajstić information content (AvgIpc) is 2.54. The molecular weight excluding hydrogens is 210 g/mol. The summed E-state index contributed by atoms with van der Waals surface area (Å²) < 4.78 is 4.93. The SMILES string of the molecule is COCCN=C(NN)c1cc(C)c(C)s1. The van der Waals surface area contributed by atoms with Crippen LogP contribution in [-0.4, -0.2) is 26.1 Å². The highest BCUT2D eigenvalue weighted by molar-refractivity contribution is 7.14. The summed E-state index contributed by atoms with van der Waals surface area (Å²) in [5.74, 6) is 6.16. The summed E-state index contributed by atoms with van der Waals surface area (Å²) in [7, 11) is 1.66. The molecule has 1 rings (SSSR count). The van der Waals surface area contributed by atoms with E-state index in [0.717, 1.165) is 10.7 Å². The lowest BCUT2D eigenvalue weighted by atomic mass is 10.3. The molecule has 0 atom stereocenters. The van der Waals surface area contributed by atoms with Gasteiger partial charge in [0.15, 0.2) is 5.84 Å². The second-order valence-corrected chi connectivity index (χ2v) is 4.47. The molecule has 1 heterocycles. The summed E-state index contributed by atoms with van der Waals surface area (Å²) in [6.07, 6.45) is 0. The number of nitrogens with one attached hydrogen (secondary N) is 1. The molecule has 15 heavy (non-hydrogen) atoms. The summed E-state index contributed by atoms with van der Waals surface area (Å²) in [4.78, 5) is 6.69. The number of hydrogen-bond donors (Lipinski definition) is 2. The number of nitrogens with two attached hydrogens (primary N) is 1. The highest BCUT2D eigenvalue weighted by Gasteiger charge is 2.06. The van der Waals surface area contributed by atoms with E-state index in [4.69, 9.17) is 10.6 Å². The maximum atomic E-state index is 5.43. The minimum Gasteiger partial charge on any atom is -0.383 e. The molecule has 3 N–H and O–H groups in total. The van der Waals surface area contributed by atoms with Crippen LogP contribution in [0.4, 0.5) is 0 Å². The van der Waals surface area contributed by atoms with Gasteiger partial charge in [-0.15, -0.1) is 11.3 Å². The van der Waals surface area contributed by atoms with Crippen LogP contribution in [0, 0.1) is 13.8 Å². The zero-order chi connectivity index (χ0) is 11.3. The molecule has 4 nitrogen and oxygen atoms in total. The Morgan fingerprint density at radius 2 is 2.33 bits per heavy atom. The molecule has 0 saturated carbocycles. The fraction of sp³-hybridized carbons (Fsp3) is 0.500. The van der Waals surface area contributed by atoms with E-state index in [1.165, 1.54) is 10.4 Å². The highest BCUT2D eigenvalue weighted by Crippen LogP contribution is 2.20. The number of amidine groups is 1. The molecule has 0 fully saturated rings. The minimum atomic E-state index is 0.606. The number of aryl methyl sites for hydroxylation is 2. The molecule has 1 aromatic rings. The van der Waals surface area contributed by atoms with Crippen LogP contribution < -0.4 is 11.3 Å². The first-order valence-electron chi connectivity index (χ1n) is 4.76. The maximum absolute atomic E-state index is 5.43. The van der Waals surface area contributed by atoms with Gasteiger partial charge < -0.3 is 10.2 Å². The molecule has 84 valence electrons. The molecule has 0 unspecified atom stereocenters. The van der Waals surface area contributed by atoms with Crippen LogP contribution in [0.25, 0.3) is 0 Å². The maximum Gasteiger partial charge on any atom is 0.152 e. The van der Waals surface area contributed by atoms with Gasteiger partial charge in [0.25, 0.3) is 0 Å². The Morgan fingerprint density at radius 3 is 2.80 bits per heavy atom. The van der Waals surface area contributed by atoms with E-state index in [1.807, 2.05) is 0 Å². The second-order valence-electron chi connectivity index (χ2n) is 3.22. The van der Waals surface area contributed by atoms with Crippen molar-refractivity contribution >= 4 is 17.2 Å². The molecular formula is C10H17N3OS. The Hall–Kier alpha value is -0.910. The third kappa shape index (κ3) is 3.30. The number of hydrogen-bond acceptors (Lipinski definition) is 4. The Balaban J connectivity index is 2.78. The van der Waals surface area contributed by atoms with Gasteiger partial charge in [0.2, 0.25) is 0 Å². The third-order valence-corrected chi connectivity index (χ3v) is 3.26. The number of nitrogens with zero attached hydrogens (tertiary/aromatic N) is 1. The first kappa shape index (κ1) is 12.2. The average molecular weight is 227 g/mol. The van der Waals surface area contributed by atoms with Crippen LogP contribution in [0.1, 0.15) is 15.3 Å². The standard InChI is InChI=1S/C10H17N3OS/c1-7-6-9(15-8(7)2)10(13-11)12-4-5-14-3/h6H,4-5,11H2,1-3H3,(H,12,13). The number of ether oxygens (including phenoxy) is 1. The van der Waals surface area contributed by atoms with Gasteiger partial charge in [0.05, 0.1) is 18.0 Å². The van der Waals surface area contributed by atoms with E-state index < -0.39 is 0 Å². The van der Waals surface area contributed by atoms with Crippen LogP contribution in [0.2, 0.25) is 0 Å². The molecule has 0 aliphatic rings. The van der Waals surface area contributed by atoms with Crippen LogP contribution in [-0.2, 0) is 4.74 Å². The van der Waals surface area contributed by atoms with E-state index >= 15 is 0 Å². The fourth-order valence-electron chi connectivity index (χ4n) is 1.13. The van der Waals surface area contributed by atoms with Crippen LogP contribution in [0.15, 0.2) is 11.1 Å². The minimum absolute atomic E-state index is 0.606. The van der Waals surface area contributed by atoms with Crippen molar-refractivity contribution in [2.75, 3.05) is 20.3 Å². The number of rotatable bonds is 4. The predicted octanol–water partition coefficient (Wildman–Crippen LogP) is 1.22. The van der Waals surface area contributed by atoms with Gasteiger partial charge in [-0.25, -0.2) is 5.84 Å². The second kappa shape index (κ2) is 5.85. The molecule has 5 heteroatoms. The van der Waals surface area contributed by atoms with E-state index in [0.29, 0.717) is 13.2 Å². The third-order valence-electron chi connectivity index (χ3n) is 2.10. The first-order chi connectivity index (χ1) is 7.19. The highest BCUT2D eigenvalue weighted by atomic mass is 32.1. The van der Waals surface area contributed by atoms with Crippen LogP contribution in [0.3, 0.4) is 0 Å². The summed E-state index contributed by atoms with van der Waals surface area (Å²) in [6, 6.07) is 2.09. The largest absolute Gasteiger partial charge is 0.383 e. The molecule has 0 aliphatic carbocycles. The molecule has 0 spiro atoms. The summed E-state index contributed by atoms with van der Waals surface area (Å²) in [5, 5.41) is 0. The van der Waals surface area contributed by atoms with Gasteiger partial charge in [-0.1, -0.05) is 0 Å². The van der Waals surface area contributed by atoms with E-state index in [-0.39, 0.29) is 0 Å². The Kier molecular flexibility index (Phi) is 4.74. The van der Waals surface area contributed by atoms with Gasteiger partial charge in [0.1, 0.15) is 0 Å². The first-order valence-corrected chi connectivity index (χ1v) is 5.58. The number of thiophene rings is 1. The van der Waals surface area contributed by atoms with Crippen molar-refractivity contribution in [3.05, 3.63) is 21.4 Å². The smallest absolute Gasteiger partial charge is 0.152 e. The molecule has 0 radical (unpaired) electrons. The van der Waals surface area contributed by atoms with E-state index in [9.17, 15) is 0 Å².